The number of pyridine rings is 1. The largest absolute Gasteiger partial charge is 0.339 e. The maximum Gasteiger partial charge on any atom is 0.262 e. The summed E-state index contributed by atoms with van der Waals surface area (Å²) in [7, 11) is 0. The highest BCUT2D eigenvalue weighted by Crippen LogP contribution is 2.12. The van der Waals surface area contributed by atoms with Gasteiger partial charge in [0.15, 0.2) is 0 Å². The summed E-state index contributed by atoms with van der Waals surface area (Å²) in [5, 5.41) is 7.40. The molecule has 110 valence electrons. The number of aromatic nitrogens is 1. The number of rotatable bonds is 5. The Morgan fingerprint density at radius 3 is 2.48 bits per heavy atom. The highest BCUT2D eigenvalue weighted by atomic mass is 32.1. The maximum absolute atomic E-state index is 12.3. The van der Waals surface area contributed by atoms with E-state index in [1.807, 2.05) is 19.2 Å². The molecule has 0 fully saturated rings. The van der Waals surface area contributed by atoms with Crippen molar-refractivity contribution >= 4 is 28.8 Å². The molecule has 2 rings (SSSR count). The molecule has 0 spiro atoms. The highest BCUT2D eigenvalue weighted by Gasteiger charge is 2.25. The molecule has 2 amide bonds. The van der Waals surface area contributed by atoms with Crippen LogP contribution in [0.2, 0.25) is 0 Å². The first-order chi connectivity index (χ1) is 10.1. The summed E-state index contributed by atoms with van der Waals surface area (Å²) in [6.07, 6.45) is 3.20. The lowest BCUT2D eigenvalue weighted by atomic mass is 10.0. The van der Waals surface area contributed by atoms with Gasteiger partial charge in [0, 0.05) is 18.1 Å². The first kappa shape index (κ1) is 15.2. The van der Waals surface area contributed by atoms with Gasteiger partial charge in [0.05, 0.1) is 4.88 Å². The predicted molar refractivity (Wildman–Crippen MR) is 83.3 cm³/mol. The van der Waals surface area contributed by atoms with Crippen LogP contribution in [0.4, 0.5) is 5.69 Å². The second-order valence-electron chi connectivity index (χ2n) is 4.90. The number of nitrogens with one attached hydrogen (secondary N) is 2. The maximum atomic E-state index is 12.3. The quantitative estimate of drug-likeness (QED) is 0.891. The minimum Gasteiger partial charge on any atom is -0.339 e. The van der Waals surface area contributed by atoms with Crippen molar-refractivity contribution < 1.29 is 9.59 Å². The third kappa shape index (κ3) is 4.13. The molecule has 0 aromatic carbocycles. The Hall–Kier alpha value is -2.21. The molecule has 0 bridgehead atoms. The molecular formula is C15H17N3O2S. The number of thiophene rings is 1. The third-order valence-corrected chi connectivity index (χ3v) is 3.80. The van der Waals surface area contributed by atoms with E-state index in [1.165, 1.54) is 11.3 Å². The average Bonchev–Trinajstić information content (AvgIpc) is 2.99. The van der Waals surface area contributed by atoms with Gasteiger partial charge in [-0.15, -0.1) is 11.3 Å². The molecule has 2 aromatic heterocycles. The summed E-state index contributed by atoms with van der Waals surface area (Å²) in [5.74, 6) is -0.481. The molecule has 0 aliphatic rings. The van der Waals surface area contributed by atoms with Crippen LogP contribution in [0.15, 0.2) is 42.0 Å². The smallest absolute Gasteiger partial charge is 0.262 e. The fraction of sp³-hybridized carbons (Fsp3) is 0.267. The van der Waals surface area contributed by atoms with Crippen LogP contribution in [0.3, 0.4) is 0 Å². The first-order valence-electron chi connectivity index (χ1n) is 6.63. The van der Waals surface area contributed by atoms with Crippen LogP contribution in [0.25, 0.3) is 0 Å². The van der Waals surface area contributed by atoms with Crippen molar-refractivity contribution in [2.75, 3.05) is 5.32 Å². The van der Waals surface area contributed by atoms with Crippen LogP contribution < -0.4 is 10.6 Å². The minimum atomic E-state index is -0.590. The number of carbonyl (C=O) groups excluding carboxylic acids is 2. The van der Waals surface area contributed by atoms with Crippen molar-refractivity contribution in [1.82, 2.24) is 10.3 Å². The Balaban J connectivity index is 2.05. The zero-order chi connectivity index (χ0) is 15.2. The van der Waals surface area contributed by atoms with E-state index in [9.17, 15) is 9.59 Å². The molecule has 1 atom stereocenters. The van der Waals surface area contributed by atoms with Crippen molar-refractivity contribution in [3.8, 4) is 0 Å². The summed E-state index contributed by atoms with van der Waals surface area (Å²) in [5.41, 5.74) is 0.658. The van der Waals surface area contributed by atoms with E-state index in [2.05, 4.69) is 15.6 Å². The van der Waals surface area contributed by atoms with E-state index in [4.69, 9.17) is 0 Å². The van der Waals surface area contributed by atoms with Gasteiger partial charge in [-0.2, -0.15) is 0 Å². The number of anilines is 1. The van der Waals surface area contributed by atoms with E-state index in [0.717, 1.165) is 0 Å². The molecule has 2 heterocycles. The van der Waals surface area contributed by atoms with Crippen LogP contribution >= 0.6 is 11.3 Å². The summed E-state index contributed by atoms with van der Waals surface area (Å²) < 4.78 is 0. The van der Waals surface area contributed by atoms with Gasteiger partial charge >= 0.3 is 0 Å². The van der Waals surface area contributed by atoms with Gasteiger partial charge in [0.25, 0.3) is 5.91 Å². The van der Waals surface area contributed by atoms with E-state index in [1.54, 1.807) is 36.7 Å². The van der Waals surface area contributed by atoms with Gasteiger partial charge in [-0.05, 0) is 29.5 Å². The Morgan fingerprint density at radius 2 is 1.90 bits per heavy atom. The van der Waals surface area contributed by atoms with Crippen molar-refractivity contribution in [2.45, 2.75) is 19.9 Å². The second kappa shape index (κ2) is 6.99. The molecular weight excluding hydrogens is 286 g/mol. The summed E-state index contributed by atoms with van der Waals surface area (Å²) in [6.45, 7) is 3.79. The number of hydrogen-bond donors (Lipinski definition) is 2. The molecule has 5 nitrogen and oxygen atoms in total. The van der Waals surface area contributed by atoms with Gasteiger partial charge in [-0.1, -0.05) is 19.9 Å². The number of hydrogen-bond acceptors (Lipinski definition) is 4. The molecule has 0 aliphatic carbocycles. The molecule has 0 saturated carbocycles. The Kier molecular flexibility index (Phi) is 5.05. The minimum absolute atomic E-state index is 0.0178. The van der Waals surface area contributed by atoms with Gasteiger partial charge in [-0.3, -0.25) is 14.6 Å². The van der Waals surface area contributed by atoms with E-state index >= 15 is 0 Å². The Labute approximate surface area is 127 Å². The second-order valence-corrected chi connectivity index (χ2v) is 5.85. The lowest BCUT2D eigenvalue weighted by Crippen LogP contribution is -2.46. The van der Waals surface area contributed by atoms with Crippen LogP contribution in [0.1, 0.15) is 23.5 Å². The number of amides is 2. The summed E-state index contributed by atoms with van der Waals surface area (Å²) >= 11 is 1.35. The highest BCUT2D eigenvalue weighted by molar-refractivity contribution is 7.12. The van der Waals surface area contributed by atoms with Crippen LogP contribution in [-0.2, 0) is 4.79 Å². The fourth-order valence-corrected chi connectivity index (χ4v) is 2.44. The van der Waals surface area contributed by atoms with Gasteiger partial charge in [0.2, 0.25) is 5.91 Å². The zero-order valence-corrected chi connectivity index (χ0v) is 12.7. The van der Waals surface area contributed by atoms with Gasteiger partial charge in [0.1, 0.15) is 6.04 Å². The molecule has 2 N–H and O–H groups in total. The van der Waals surface area contributed by atoms with E-state index < -0.39 is 6.04 Å². The molecule has 0 radical (unpaired) electrons. The fourth-order valence-electron chi connectivity index (χ4n) is 1.81. The molecule has 0 saturated heterocycles. The van der Waals surface area contributed by atoms with E-state index in [0.29, 0.717) is 10.6 Å². The van der Waals surface area contributed by atoms with E-state index in [-0.39, 0.29) is 17.7 Å². The average molecular weight is 303 g/mol. The normalized spacial score (nSPS) is 12.0. The van der Waals surface area contributed by atoms with Crippen LogP contribution in [0.5, 0.6) is 0 Å². The van der Waals surface area contributed by atoms with Crippen molar-refractivity contribution in [3.63, 3.8) is 0 Å². The van der Waals surface area contributed by atoms with Gasteiger partial charge in [-0.25, -0.2) is 0 Å². The summed E-state index contributed by atoms with van der Waals surface area (Å²) in [4.78, 5) is 28.9. The number of nitrogens with zero attached hydrogens (tertiary/aromatic N) is 1. The van der Waals surface area contributed by atoms with Crippen LogP contribution in [-0.4, -0.2) is 22.8 Å². The molecule has 2 aromatic rings. The van der Waals surface area contributed by atoms with Gasteiger partial charge < -0.3 is 10.6 Å². The zero-order valence-electron chi connectivity index (χ0n) is 11.9. The predicted octanol–water partition coefficient (Wildman–Crippen LogP) is 2.54. The molecule has 0 unspecified atom stereocenters. The summed E-state index contributed by atoms with van der Waals surface area (Å²) in [6, 6.07) is 6.36. The lowest BCUT2D eigenvalue weighted by molar-refractivity contribution is -0.118. The molecule has 21 heavy (non-hydrogen) atoms. The first-order valence-corrected chi connectivity index (χ1v) is 7.51. The monoisotopic (exact) mass is 303 g/mol. The molecule has 0 aliphatic heterocycles. The topological polar surface area (TPSA) is 71.1 Å². The van der Waals surface area contributed by atoms with Crippen molar-refractivity contribution in [3.05, 3.63) is 46.9 Å². The van der Waals surface area contributed by atoms with Crippen molar-refractivity contribution in [1.29, 1.82) is 0 Å². The SMILES string of the molecule is CC(C)[C@H](NC(=O)c1cccs1)C(=O)Nc1ccncc1. The Morgan fingerprint density at radius 1 is 1.19 bits per heavy atom. The molecule has 6 heteroatoms. The number of carbonyl (C=O) groups is 2. The Bertz CT molecular complexity index is 597. The lowest BCUT2D eigenvalue weighted by Gasteiger charge is -2.21. The van der Waals surface area contributed by atoms with Crippen LogP contribution in [0, 0.1) is 5.92 Å². The third-order valence-electron chi connectivity index (χ3n) is 2.93. The van der Waals surface area contributed by atoms with Crippen molar-refractivity contribution in [2.24, 2.45) is 5.92 Å². The standard InChI is InChI=1S/C15H17N3O2S/c1-10(2)13(18-14(19)12-4-3-9-21-12)15(20)17-11-5-7-16-8-6-11/h3-10,13H,1-2H3,(H,18,19)(H,16,17,20)/t13-/m0/s1.